The van der Waals surface area contributed by atoms with Crippen LogP contribution < -0.4 is 10.2 Å². The van der Waals surface area contributed by atoms with Crippen molar-refractivity contribution in [2.75, 3.05) is 11.4 Å². The molecule has 0 aliphatic carbocycles. The predicted molar refractivity (Wildman–Crippen MR) is 124 cm³/mol. The molecule has 158 valence electrons. The number of halogens is 1. The Morgan fingerprint density at radius 3 is 2.60 bits per heavy atom. The lowest BCUT2D eigenvalue weighted by atomic mass is 10.1. The first-order chi connectivity index (χ1) is 14.5. The van der Waals surface area contributed by atoms with Gasteiger partial charge in [-0.1, -0.05) is 55.8 Å². The van der Waals surface area contributed by atoms with Gasteiger partial charge in [0.1, 0.15) is 11.6 Å². The number of aryl methyl sites for hydroxylation is 1. The van der Waals surface area contributed by atoms with E-state index in [1.54, 1.807) is 0 Å². The molecule has 0 fully saturated rings. The number of anilines is 1. The first kappa shape index (κ1) is 22.0. The highest BCUT2D eigenvalue weighted by Crippen LogP contribution is 2.28. The maximum atomic E-state index is 12.4. The number of nitrogens with zero attached hydrogens (tertiary/aromatic N) is 3. The van der Waals surface area contributed by atoms with Crippen molar-refractivity contribution in [1.82, 2.24) is 15.3 Å². The Labute approximate surface area is 183 Å². The molecule has 1 amide bonds. The summed E-state index contributed by atoms with van der Waals surface area (Å²) in [5, 5.41) is 4.64. The van der Waals surface area contributed by atoms with E-state index in [0.29, 0.717) is 24.5 Å². The van der Waals surface area contributed by atoms with Crippen LogP contribution in [0.5, 0.6) is 0 Å². The fourth-order valence-electron chi connectivity index (χ4n) is 3.28. The third-order valence-electron chi connectivity index (χ3n) is 5.15. The van der Waals surface area contributed by atoms with Gasteiger partial charge in [0.2, 0.25) is 5.91 Å². The van der Waals surface area contributed by atoms with Gasteiger partial charge in [-0.25, -0.2) is 9.97 Å². The number of nitrogens with one attached hydrogen (secondary N) is 1. The zero-order valence-corrected chi connectivity index (χ0v) is 18.6. The van der Waals surface area contributed by atoms with Crippen molar-refractivity contribution in [3.8, 4) is 0 Å². The first-order valence-corrected chi connectivity index (χ1v) is 10.9. The highest BCUT2D eigenvalue weighted by atomic mass is 35.5. The number of carbonyl (C=O) groups is 1. The SMILES string of the molecule is CCc1nc(N(CCC(=O)N[C@@H](C)CC)Cc2ccccc2)c2ccc(Cl)cc2n1. The van der Waals surface area contributed by atoms with Crippen molar-refractivity contribution in [2.45, 2.75) is 52.6 Å². The second-order valence-electron chi connectivity index (χ2n) is 7.51. The van der Waals surface area contributed by atoms with E-state index in [0.717, 1.165) is 35.4 Å². The van der Waals surface area contributed by atoms with E-state index >= 15 is 0 Å². The standard InChI is InChI=1S/C24H29ClN4O/c1-4-17(3)26-23(30)13-14-29(16-18-9-7-6-8-10-18)24-20-12-11-19(25)15-21(20)27-22(5-2)28-24/h6-12,15,17H,4-5,13-14,16H2,1-3H3,(H,26,30)/t17-/m0/s1. The highest BCUT2D eigenvalue weighted by molar-refractivity contribution is 6.31. The second kappa shape index (κ2) is 10.4. The maximum Gasteiger partial charge on any atom is 0.221 e. The number of hydrogen-bond donors (Lipinski definition) is 1. The smallest absolute Gasteiger partial charge is 0.221 e. The highest BCUT2D eigenvalue weighted by Gasteiger charge is 2.17. The summed E-state index contributed by atoms with van der Waals surface area (Å²) in [6.07, 6.45) is 2.04. The van der Waals surface area contributed by atoms with E-state index in [9.17, 15) is 4.79 Å². The van der Waals surface area contributed by atoms with Crippen LogP contribution in [-0.2, 0) is 17.8 Å². The minimum Gasteiger partial charge on any atom is -0.354 e. The maximum absolute atomic E-state index is 12.4. The van der Waals surface area contributed by atoms with Gasteiger partial charge in [-0.2, -0.15) is 0 Å². The van der Waals surface area contributed by atoms with E-state index in [1.165, 1.54) is 5.56 Å². The summed E-state index contributed by atoms with van der Waals surface area (Å²) in [6, 6.07) is 16.1. The van der Waals surface area contributed by atoms with E-state index in [2.05, 4.69) is 34.3 Å². The van der Waals surface area contributed by atoms with Gasteiger partial charge in [-0.05, 0) is 37.1 Å². The third-order valence-corrected chi connectivity index (χ3v) is 5.38. The summed E-state index contributed by atoms with van der Waals surface area (Å²) >= 11 is 6.21. The molecule has 0 aliphatic heterocycles. The summed E-state index contributed by atoms with van der Waals surface area (Å²) in [6.45, 7) is 7.35. The summed E-state index contributed by atoms with van der Waals surface area (Å²) in [7, 11) is 0. The van der Waals surface area contributed by atoms with Crippen LogP contribution >= 0.6 is 11.6 Å². The Morgan fingerprint density at radius 1 is 1.13 bits per heavy atom. The zero-order valence-electron chi connectivity index (χ0n) is 17.9. The summed E-state index contributed by atoms with van der Waals surface area (Å²) in [5.41, 5.74) is 1.99. The number of amides is 1. The van der Waals surface area contributed by atoms with Gasteiger partial charge in [0.05, 0.1) is 5.52 Å². The van der Waals surface area contributed by atoms with Crippen molar-refractivity contribution in [3.63, 3.8) is 0 Å². The van der Waals surface area contributed by atoms with Crippen LogP contribution in [-0.4, -0.2) is 28.5 Å². The number of hydrogen-bond acceptors (Lipinski definition) is 4. The Bertz CT molecular complexity index is 993. The van der Waals surface area contributed by atoms with Gasteiger partial charge in [0.25, 0.3) is 0 Å². The van der Waals surface area contributed by atoms with Gasteiger partial charge in [-0.15, -0.1) is 0 Å². The van der Waals surface area contributed by atoms with Crippen molar-refractivity contribution in [1.29, 1.82) is 0 Å². The zero-order chi connectivity index (χ0) is 21.5. The predicted octanol–water partition coefficient (Wildman–Crippen LogP) is 5.16. The molecule has 0 aliphatic rings. The molecule has 1 N–H and O–H groups in total. The molecule has 0 radical (unpaired) electrons. The molecule has 1 atom stereocenters. The van der Waals surface area contributed by atoms with Crippen LogP contribution in [0.25, 0.3) is 10.9 Å². The molecule has 0 spiro atoms. The number of carbonyl (C=O) groups excluding carboxylic acids is 1. The Kier molecular flexibility index (Phi) is 7.63. The minimum absolute atomic E-state index is 0.0551. The van der Waals surface area contributed by atoms with Gasteiger partial charge >= 0.3 is 0 Å². The Hall–Kier alpha value is -2.66. The molecule has 1 aromatic heterocycles. The van der Waals surface area contributed by atoms with Crippen molar-refractivity contribution in [2.24, 2.45) is 0 Å². The normalized spacial score (nSPS) is 12.0. The largest absolute Gasteiger partial charge is 0.354 e. The average molecular weight is 425 g/mol. The molecule has 5 nitrogen and oxygen atoms in total. The van der Waals surface area contributed by atoms with Gasteiger partial charge < -0.3 is 10.2 Å². The van der Waals surface area contributed by atoms with Crippen molar-refractivity contribution in [3.05, 3.63) is 64.9 Å². The van der Waals surface area contributed by atoms with Crippen LogP contribution in [0.1, 0.15) is 45.0 Å². The molecule has 1 heterocycles. The lowest BCUT2D eigenvalue weighted by molar-refractivity contribution is -0.121. The second-order valence-corrected chi connectivity index (χ2v) is 7.95. The van der Waals surface area contributed by atoms with E-state index in [-0.39, 0.29) is 11.9 Å². The summed E-state index contributed by atoms with van der Waals surface area (Å²) in [4.78, 5) is 24.1. The molecule has 30 heavy (non-hydrogen) atoms. The average Bonchev–Trinajstić information content (AvgIpc) is 2.76. The molecule has 2 aromatic carbocycles. The summed E-state index contributed by atoms with van der Waals surface area (Å²) in [5.74, 6) is 1.66. The molecule has 3 rings (SSSR count). The number of aromatic nitrogens is 2. The van der Waals surface area contributed by atoms with Crippen LogP contribution in [0, 0.1) is 0 Å². The van der Waals surface area contributed by atoms with Crippen molar-refractivity contribution >= 4 is 34.2 Å². The fraction of sp³-hybridized carbons (Fsp3) is 0.375. The molecule has 0 saturated carbocycles. The quantitative estimate of drug-likeness (QED) is 0.515. The molecule has 0 saturated heterocycles. The van der Waals surface area contributed by atoms with Crippen LogP contribution in [0.4, 0.5) is 5.82 Å². The molecule has 3 aromatic rings. The van der Waals surface area contributed by atoms with Gasteiger partial charge in [-0.3, -0.25) is 4.79 Å². The van der Waals surface area contributed by atoms with Gasteiger partial charge in [0.15, 0.2) is 0 Å². The number of rotatable bonds is 9. The molecule has 0 bridgehead atoms. The van der Waals surface area contributed by atoms with Crippen molar-refractivity contribution < 1.29 is 4.79 Å². The topological polar surface area (TPSA) is 58.1 Å². The number of benzene rings is 2. The van der Waals surface area contributed by atoms with Crippen LogP contribution in [0.3, 0.4) is 0 Å². The lowest BCUT2D eigenvalue weighted by Crippen LogP contribution is -2.35. The first-order valence-electron chi connectivity index (χ1n) is 10.5. The molecule has 6 heteroatoms. The molecule has 0 unspecified atom stereocenters. The Morgan fingerprint density at radius 2 is 1.90 bits per heavy atom. The van der Waals surface area contributed by atoms with E-state index in [4.69, 9.17) is 16.6 Å². The third kappa shape index (κ3) is 5.70. The van der Waals surface area contributed by atoms with E-state index < -0.39 is 0 Å². The van der Waals surface area contributed by atoms with Gasteiger partial charge in [0, 0.05) is 42.4 Å². The fourth-order valence-corrected chi connectivity index (χ4v) is 3.45. The molecular weight excluding hydrogens is 396 g/mol. The van der Waals surface area contributed by atoms with Crippen LogP contribution in [0.2, 0.25) is 5.02 Å². The monoisotopic (exact) mass is 424 g/mol. The van der Waals surface area contributed by atoms with E-state index in [1.807, 2.05) is 50.2 Å². The minimum atomic E-state index is 0.0551. The molecular formula is C24H29ClN4O. The number of fused-ring (bicyclic) bond motifs is 1. The Balaban J connectivity index is 1.95. The summed E-state index contributed by atoms with van der Waals surface area (Å²) < 4.78 is 0. The van der Waals surface area contributed by atoms with Crippen LogP contribution in [0.15, 0.2) is 48.5 Å². The lowest BCUT2D eigenvalue weighted by Gasteiger charge is -2.26.